The average Bonchev–Trinajstić information content (AvgIpc) is 3.51. The van der Waals surface area contributed by atoms with Crippen LogP contribution in [-0.2, 0) is 5.41 Å². The van der Waals surface area contributed by atoms with Gasteiger partial charge in [-0.3, -0.25) is 0 Å². The third-order valence-corrected chi connectivity index (χ3v) is 10.4. The first-order chi connectivity index (χ1) is 23.0. The summed E-state index contributed by atoms with van der Waals surface area (Å²) in [4.78, 5) is 17.6. The minimum absolute atomic E-state index is 0.0936. The Hall–Kier alpha value is -5.52. The molecule has 0 bridgehead atoms. The molecule has 0 atom stereocenters. The van der Waals surface area contributed by atoms with E-state index >= 15 is 0 Å². The van der Waals surface area contributed by atoms with Crippen LogP contribution in [0.5, 0.6) is 0 Å². The predicted octanol–water partition coefficient (Wildman–Crippen LogP) is 11.2. The van der Waals surface area contributed by atoms with Crippen LogP contribution in [-0.4, -0.2) is 15.0 Å². The van der Waals surface area contributed by atoms with Gasteiger partial charge in [-0.05, 0) is 34.9 Å². The topological polar surface area (TPSA) is 51.8 Å². The van der Waals surface area contributed by atoms with Crippen LogP contribution in [0.4, 0.5) is 0 Å². The summed E-state index contributed by atoms with van der Waals surface area (Å²) in [5.74, 6) is 1.95. The van der Waals surface area contributed by atoms with Gasteiger partial charge in [-0.15, -0.1) is 0 Å². The lowest BCUT2D eigenvalue weighted by Crippen LogP contribution is -2.23. The van der Waals surface area contributed by atoms with Crippen molar-refractivity contribution in [2.75, 3.05) is 0 Å². The molecular formula is C42H29N3OS. The molecule has 0 aliphatic carbocycles. The highest BCUT2D eigenvalue weighted by molar-refractivity contribution is 7.99. The van der Waals surface area contributed by atoms with E-state index in [0.29, 0.717) is 17.5 Å². The van der Waals surface area contributed by atoms with Gasteiger partial charge in [0.15, 0.2) is 17.5 Å². The van der Waals surface area contributed by atoms with Crippen LogP contribution in [0.3, 0.4) is 0 Å². The largest absolute Gasteiger partial charge is 0.455 e. The average molecular weight is 624 g/mol. The quantitative estimate of drug-likeness (QED) is 0.195. The minimum atomic E-state index is -0.0936. The normalized spacial score (nSPS) is 13.4. The number of aromatic nitrogens is 3. The Morgan fingerprint density at radius 2 is 1.09 bits per heavy atom. The lowest BCUT2D eigenvalue weighted by atomic mass is 9.77. The van der Waals surface area contributed by atoms with Crippen LogP contribution in [0.1, 0.15) is 25.0 Å². The van der Waals surface area contributed by atoms with Crippen molar-refractivity contribution < 1.29 is 4.42 Å². The second-order valence-corrected chi connectivity index (χ2v) is 13.5. The van der Waals surface area contributed by atoms with Gasteiger partial charge < -0.3 is 4.42 Å². The summed E-state index contributed by atoms with van der Waals surface area (Å²) in [7, 11) is 0. The van der Waals surface area contributed by atoms with Gasteiger partial charge in [0.05, 0.1) is 0 Å². The molecule has 9 rings (SSSR count). The molecular weight excluding hydrogens is 595 g/mol. The van der Waals surface area contributed by atoms with Gasteiger partial charge >= 0.3 is 0 Å². The highest BCUT2D eigenvalue weighted by atomic mass is 32.2. The van der Waals surface area contributed by atoms with Crippen LogP contribution in [0, 0.1) is 0 Å². The van der Waals surface area contributed by atoms with Gasteiger partial charge in [-0.2, -0.15) is 0 Å². The van der Waals surface area contributed by atoms with Crippen molar-refractivity contribution in [1.29, 1.82) is 0 Å². The molecule has 1 aliphatic heterocycles. The third kappa shape index (κ3) is 4.65. The summed E-state index contributed by atoms with van der Waals surface area (Å²) < 4.78 is 6.32. The van der Waals surface area contributed by atoms with Gasteiger partial charge in [-0.25, -0.2) is 15.0 Å². The molecule has 0 N–H and O–H groups in total. The summed E-state index contributed by atoms with van der Waals surface area (Å²) in [6, 6.07) is 48.4. The Morgan fingerprint density at radius 1 is 0.489 bits per heavy atom. The number of fused-ring (bicyclic) bond motifs is 5. The fourth-order valence-electron chi connectivity index (χ4n) is 6.72. The third-order valence-electron chi connectivity index (χ3n) is 9.22. The van der Waals surface area contributed by atoms with Crippen molar-refractivity contribution in [3.8, 4) is 45.3 Å². The summed E-state index contributed by atoms with van der Waals surface area (Å²) in [6.07, 6.45) is 0. The van der Waals surface area contributed by atoms with Crippen molar-refractivity contribution >= 4 is 33.7 Å². The molecule has 3 heterocycles. The molecule has 0 radical (unpaired) electrons. The summed E-state index contributed by atoms with van der Waals surface area (Å²) >= 11 is 1.82. The molecule has 0 fully saturated rings. The van der Waals surface area contributed by atoms with Gasteiger partial charge in [0.1, 0.15) is 11.2 Å². The highest BCUT2D eigenvalue weighted by Gasteiger charge is 2.33. The first-order valence-corrected chi connectivity index (χ1v) is 16.6. The molecule has 0 spiro atoms. The maximum atomic E-state index is 6.32. The summed E-state index contributed by atoms with van der Waals surface area (Å²) in [6.45, 7) is 4.61. The van der Waals surface area contributed by atoms with E-state index in [0.717, 1.165) is 49.8 Å². The zero-order valence-electron chi connectivity index (χ0n) is 25.9. The number of nitrogens with zero attached hydrogens (tertiary/aromatic N) is 3. The molecule has 0 saturated carbocycles. The molecule has 0 amide bonds. The fraction of sp³-hybridized carbons (Fsp3) is 0.0714. The zero-order valence-corrected chi connectivity index (χ0v) is 26.8. The lowest BCUT2D eigenvalue weighted by molar-refractivity contribution is 0.607. The lowest BCUT2D eigenvalue weighted by Gasteiger charge is -2.34. The van der Waals surface area contributed by atoms with E-state index in [9.17, 15) is 0 Å². The molecule has 0 unspecified atom stereocenters. The number of furan rings is 1. The maximum Gasteiger partial charge on any atom is 0.164 e. The van der Waals surface area contributed by atoms with Gasteiger partial charge in [-0.1, -0.05) is 147 Å². The van der Waals surface area contributed by atoms with Crippen molar-refractivity contribution in [1.82, 2.24) is 15.0 Å². The van der Waals surface area contributed by atoms with Crippen molar-refractivity contribution in [2.24, 2.45) is 0 Å². The Morgan fingerprint density at radius 3 is 1.89 bits per heavy atom. The summed E-state index contributed by atoms with van der Waals surface area (Å²) in [5, 5.41) is 2.24. The van der Waals surface area contributed by atoms with Crippen molar-refractivity contribution in [3.63, 3.8) is 0 Å². The minimum Gasteiger partial charge on any atom is -0.455 e. The Balaban J connectivity index is 1.14. The molecule has 4 nitrogen and oxygen atoms in total. The molecule has 6 aromatic carbocycles. The zero-order chi connectivity index (χ0) is 31.5. The smallest absolute Gasteiger partial charge is 0.164 e. The highest BCUT2D eigenvalue weighted by Crippen LogP contribution is 2.49. The first kappa shape index (κ1) is 27.8. The van der Waals surface area contributed by atoms with Gasteiger partial charge in [0, 0.05) is 48.2 Å². The van der Waals surface area contributed by atoms with Gasteiger partial charge in [0.2, 0.25) is 0 Å². The van der Waals surface area contributed by atoms with Crippen LogP contribution in [0.15, 0.2) is 154 Å². The molecule has 1 aliphatic rings. The van der Waals surface area contributed by atoms with E-state index < -0.39 is 0 Å². The van der Waals surface area contributed by atoms with E-state index in [1.54, 1.807) is 0 Å². The monoisotopic (exact) mass is 623 g/mol. The van der Waals surface area contributed by atoms with E-state index in [-0.39, 0.29) is 5.41 Å². The van der Waals surface area contributed by atoms with E-state index in [1.807, 2.05) is 60.3 Å². The molecule has 5 heteroatoms. The summed E-state index contributed by atoms with van der Waals surface area (Å²) in [5.41, 5.74) is 9.35. The van der Waals surface area contributed by atoms with Crippen LogP contribution in [0.2, 0.25) is 0 Å². The Bertz CT molecular complexity index is 2460. The molecule has 8 aromatic rings. The van der Waals surface area contributed by atoms with Crippen LogP contribution < -0.4 is 0 Å². The maximum absolute atomic E-state index is 6.32. The van der Waals surface area contributed by atoms with Crippen LogP contribution >= 0.6 is 11.8 Å². The standard InChI is InChI=1S/C42H29N3OS/c1-42(2)33-16-7-9-18-36(33)47-37-25-29(23-24-34(37)42)41-44-39(27-11-4-3-5-12-27)43-40(45-41)28-21-19-26(20-22-28)30-14-10-15-32-31-13-6-8-17-35(31)46-38(30)32/h3-25H,1-2H3. The molecule has 47 heavy (non-hydrogen) atoms. The number of benzene rings is 6. The molecule has 2 aromatic heterocycles. The number of para-hydroxylation sites is 2. The van der Waals surface area contributed by atoms with Crippen molar-refractivity contribution in [3.05, 3.63) is 151 Å². The van der Waals surface area contributed by atoms with E-state index in [2.05, 4.69) is 105 Å². The van der Waals surface area contributed by atoms with E-state index in [1.165, 1.54) is 20.9 Å². The molecule has 224 valence electrons. The molecule has 0 saturated heterocycles. The van der Waals surface area contributed by atoms with Crippen LogP contribution in [0.25, 0.3) is 67.2 Å². The SMILES string of the molecule is CC1(C)c2ccccc2Sc2cc(-c3nc(-c4ccccc4)nc(-c4ccc(-c5cccc6c5oc5ccccc56)cc4)n3)ccc21. The second-order valence-electron chi connectivity index (χ2n) is 12.5. The number of hydrogen-bond donors (Lipinski definition) is 0. The van der Waals surface area contributed by atoms with Crippen molar-refractivity contribution in [2.45, 2.75) is 29.1 Å². The Labute approximate surface area is 277 Å². The first-order valence-electron chi connectivity index (χ1n) is 15.8. The number of rotatable bonds is 4. The predicted molar refractivity (Wildman–Crippen MR) is 192 cm³/mol. The fourth-order valence-corrected chi connectivity index (χ4v) is 8.16. The van der Waals surface area contributed by atoms with E-state index in [4.69, 9.17) is 19.4 Å². The second kappa shape index (κ2) is 10.8. The van der Waals surface area contributed by atoms with Gasteiger partial charge in [0.25, 0.3) is 0 Å². The number of hydrogen-bond acceptors (Lipinski definition) is 5. The Kier molecular flexibility index (Phi) is 6.37.